The van der Waals surface area contributed by atoms with E-state index in [0.717, 1.165) is 34.7 Å². The van der Waals surface area contributed by atoms with Crippen molar-refractivity contribution in [2.75, 3.05) is 27.2 Å². The molecule has 9 heteroatoms. The Morgan fingerprint density at radius 1 is 1.28 bits per heavy atom. The fourth-order valence-electron chi connectivity index (χ4n) is 3.18. The molecule has 0 aliphatic rings. The second kappa shape index (κ2) is 10.1. The zero-order valence-corrected chi connectivity index (χ0v) is 19.3. The zero-order valence-electron chi connectivity index (χ0n) is 17.6. The van der Waals surface area contributed by atoms with Gasteiger partial charge in [0.05, 0.1) is 22.8 Å². The van der Waals surface area contributed by atoms with E-state index in [-0.39, 0.29) is 36.8 Å². The van der Waals surface area contributed by atoms with Crippen LogP contribution in [-0.2, 0) is 0 Å². The van der Waals surface area contributed by atoms with Gasteiger partial charge in [0.25, 0.3) is 5.91 Å². The molecule has 0 aromatic carbocycles. The molecule has 3 heterocycles. The van der Waals surface area contributed by atoms with Crippen molar-refractivity contribution < 1.29 is 9.21 Å². The van der Waals surface area contributed by atoms with Gasteiger partial charge in [-0.15, -0.1) is 24.8 Å². The highest BCUT2D eigenvalue weighted by Crippen LogP contribution is 2.30. The first-order valence-electron chi connectivity index (χ1n) is 9.19. The Bertz CT molecular complexity index is 981. The first kappa shape index (κ1) is 24.9. The van der Waals surface area contributed by atoms with E-state index in [1.165, 1.54) is 0 Å². The van der Waals surface area contributed by atoms with Gasteiger partial charge in [0, 0.05) is 31.7 Å². The molecule has 7 nitrogen and oxygen atoms in total. The normalized spacial score (nSPS) is 10.7. The first-order valence-corrected chi connectivity index (χ1v) is 9.19. The Kier molecular flexibility index (Phi) is 8.68. The summed E-state index contributed by atoms with van der Waals surface area (Å²) < 4.78 is 7.53. The minimum absolute atomic E-state index is 0. The monoisotopic (exact) mass is 441 g/mol. The van der Waals surface area contributed by atoms with Gasteiger partial charge in [0.2, 0.25) is 0 Å². The fraction of sp³-hybridized carbons (Fsp3) is 0.450. The van der Waals surface area contributed by atoms with Crippen LogP contribution in [0.1, 0.15) is 41.8 Å². The summed E-state index contributed by atoms with van der Waals surface area (Å²) in [6, 6.07) is 3.95. The highest BCUT2D eigenvalue weighted by Gasteiger charge is 2.22. The van der Waals surface area contributed by atoms with E-state index in [9.17, 15) is 4.79 Å². The number of furan rings is 1. The molecule has 0 saturated heterocycles. The Morgan fingerprint density at radius 2 is 1.97 bits per heavy atom. The summed E-state index contributed by atoms with van der Waals surface area (Å²) in [7, 11) is 3.68. The van der Waals surface area contributed by atoms with Crippen LogP contribution in [0.15, 0.2) is 22.7 Å². The molecule has 3 aromatic heterocycles. The molecule has 0 radical (unpaired) electrons. The number of fused-ring (bicyclic) bond motifs is 1. The lowest BCUT2D eigenvalue weighted by molar-refractivity contribution is 0.0798. The van der Waals surface area contributed by atoms with Crippen molar-refractivity contribution >= 4 is 41.8 Å². The lowest BCUT2D eigenvalue weighted by atomic mass is 10.1. The predicted molar refractivity (Wildman–Crippen MR) is 120 cm³/mol. The number of nitrogens with one attached hydrogen (secondary N) is 1. The third-order valence-electron chi connectivity index (χ3n) is 4.65. The standard InChI is InChI=1S/C20H27N5O2.2ClH/c1-12(2)25-19-17(11-22-25)16(20(26)24(6)8-7-21-5)10-18(23-19)15-9-13(3)27-14(15)4;;/h9-12,21H,7-8H2,1-6H3;2*1H. The summed E-state index contributed by atoms with van der Waals surface area (Å²) in [5, 5.41) is 8.31. The van der Waals surface area contributed by atoms with E-state index < -0.39 is 0 Å². The largest absolute Gasteiger partial charge is 0.466 e. The molecule has 0 bridgehead atoms. The summed E-state index contributed by atoms with van der Waals surface area (Å²) in [6.45, 7) is 9.27. The number of aromatic nitrogens is 3. The highest BCUT2D eigenvalue weighted by molar-refractivity contribution is 6.06. The number of rotatable bonds is 6. The lowest BCUT2D eigenvalue weighted by Crippen LogP contribution is -2.33. The summed E-state index contributed by atoms with van der Waals surface area (Å²) in [5.74, 6) is 1.57. The number of likely N-dealkylation sites (N-methyl/N-ethyl adjacent to an activating group) is 2. The molecule has 1 N–H and O–H groups in total. The molecule has 3 rings (SSSR count). The third kappa shape index (κ3) is 4.91. The fourth-order valence-corrected chi connectivity index (χ4v) is 3.18. The average Bonchev–Trinajstić information content (AvgIpc) is 3.20. The SMILES string of the molecule is CNCCN(C)C(=O)c1cc(-c2cc(C)oc2C)nc2c1cnn2C(C)C.Cl.Cl. The molecule has 3 aromatic rings. The maximum Gasteiger partial charge on any atom is 0.254 e. The van der Waals surface area contributed by atoms with Gasteiger partial charge in [-0.25, -0.2) is 9.67 Å². The van der Waals surface area contributed by atoms with Crippen LogP contribution in [0, 0.1) is 13.8 Å². The van der Waals surface area contributed by atoms with E-state index in [1.54, 1.807) is 11.1 Å². The van der Waals surface area contributed by atoms with Crippen LogP contribution in [0.25, 0.3) is 22.3 Å². The van der Waals surface area contributed by atoms with Crippen LogP contribution in [0.3, 0.4) is 0 Å². The smallest absolute Gasteiger partial charge is 0.254 e. The number of pyridine rings is 1. The minimum atomic E-state index is -0.0416. The number of carbonyl (C=O) groups excluding carboxylic acids is 1. The summed E-state index contributed by atoms with van der Waals surface area (Å²) in [6.07, 6.45) is 1.73. The molecule has 1 amide bonds. The van der Waals surface area contributed by atoms with Crippen molar-refractivity contribution in [3.8, 4) is 11.3 Å². The number of halogens is 2. The molecule has 0 fully saturated rings. The van der Waals surface area contributed by atoms with Crippen molar-refractivity contribution in [3.63, 3.8) is 0 Å². The van der Waals surface area contributed by atoms with Gasteiger partial charge in [-0.05, 0) is 46.9 Å². The number of carbonyl (C=O) groups is 1. The van der Waals surface area contributed by atoms with Crippen molar-refractivity contribution in [2.24, 2.45) is 0 Å². The van der Waals surface area contributed by atoms with Crippen LogP contribution < -0.4 is 5.32 Å². The van der Waals surface area contributed by atoms with E-state index in [2.05, 4.69) is 24.3 Å². The predicted octanol–water partition coefficient (Wildman–Crippen LogP) is 4.02. The number of hydrogen-bond acceptors (Lipinski definition) is 5. The highest BCUT2D eigenvalue weighted by atomic mass is 35.5. The molecule has 0 saturated carbocycles. The molecule has 29 heavy (non-hydrogen) atoms. The Morgan fingerprint density at radius 3 is 2.52 bits per heavy atom. The van der Waals surface area contributed by atoms with Crippen LogP contribution in [0.4, 0.5) is 0 Å². The zero-order chi connectivity index (χ0) is 19.7. The van der Waals surface area contributed by atoms with E-state index in [0.29, 0.717) is 17.8 Å². The van der Waals surface area contributed by atoms with E-state index in [1.807, 2.05) is 44.8 Å². The van der Waals surface area contributed by atoms with Gasteiger partial charge in [0.15, 0.2) is 5.65 Å². The topological polar surface area (TPSA) is 76.2 Å². The van der Waals surface area contributed by atoms with E-state index >= 15 is 0 Å². The maximum absolute atomic E-state index is 13.1. The molecule has 0 unspecified atom stereocenters. The average molecular weight is 442 g/mol. The van der Waals surface area contributed by atoms with Gasteiger partial charge in [-0.2, -0.15) is 5.10 Å². The van der Waals surface area contributed by atoms with Crippen LogP contribution in [0.2, 0.25) is 0 Å². The molecule has 160 valence electrons. The van der Waals surface area contributed by atoms with E-state index in [4.69, 9.17) is 9.40 Å². The van der Waals surface area contributed by atoms with Gasteiger partial charge < -0.3 is 14.6 Å². The minimum Gasteiger partial charge on any atom is -0.466 e. The molecular formula is C20H29Cl2N5O2. The van der Waals surface area contributed by atoms with Crippen LogP contribution >= 0.6 is 24.8 Å². The van der Waals surface area contributed by atoms with Gasteiger partial charge in [-0.1, -0.05) is 0 Å². The van der Waals surface area contributed by atoms with Crippen molar-refractivity contribution in [3.05, 3.63) is 35.4 Å². The second-order valence-corrected chi connectivity index (χ2v) is 7.13. The van der Waals surface area contributed by atoms with Gasteiger partial charge in [-0.3, -0.25) is 4.79 Å². The molecule has 0 aliphatic heterocycles. The molecule has 0 atom stereocenters. The third-order valence-corrected chi connectivity index (χ3v) is 4.65. The van der Waals surface area contributed by atoms with Crippen molar-refractivity contribution in [1.82, 2.24) is 25.0 Å². The Hall–Kier alpha value is -2.09. The quantitative estimate of drug-likeness (QED) is 0.624. The number of aryl methyl sites for hydroxylation is 2. The Balaban J connectivity index is 0.00000210. The van der Waals surface area contributed by atoms with Crippen LogP contribution in [0.5, 0.6) is 0 Å². The second-order valence-electron chi connectivity index (χ2n) is 7.13. The van der Waals surface area contributed by atoms with Crippen LogP contribution in [-0.4, -0.2) is 52.8 Å². The first-order chi connectivity index (χ1) is 12.8. The molecule has 0 spiro atoms. The van der Waals surface area contributed by atoms with Crippen molar-refractivity contribution in [2.45, 2.75) is 33.7 Å². The van der Waals surface area contributed by atoms with Crippen molar-refractivity contribution in [1.29, 1.82) is 0 Å². The molecule has 0 aliphatic carbocycles. The Labute approximate surface area is 183 Å². The van der Waals surface area contributed by atoms with Gasteiger partial charge in [0.1, 0.15) is 11.5 Å². The van der Waals surface area contributed by atoms with Gasteiger partial charge >= 0.3 is 0 Å². The summed E-state index contributed by atoms with van der Waals surface area (Å²) in [5.41, 5.74) is 2.95. The maximum atomic E-state index is 13.1. The summed E-state index contributed by atoms with van der Waals surface area (Å²) in [4.78, 5) is 19.7. The number of amides is 1. The molecular weight excluding hydrogens is 413 g/mol. The lowest BCUT2D eigenvalue weighted by Gasteiger charge is -2.18. The number of nitrogens with zero attached hydrogens (tertiary/aromatic N) is 4. The number of hydrogen-bond donors (Lipinski definition) is 1. The summed E-state index contributed by atoms with van der Waals surface area (Å²) >= 11 is 0.